The molecule has 2 atom stereocenters. The van der Waals surface area contributed by atoms with Crippen molar-refractivity contribution >= 4 is 5.91 Å². The molecule has 20 heavy (non-hydrogen) atoms. The molecule has 1 aromatic rings. The Morgan fingerprint density at radius 1 is 1.30 bits per heavy atom. The Labute approximate surface area is 122 Å². The van der Waals surface area contributed by atoms with Crippen molar-refractivity contribution in [3.8, 4) is 0 Å². The van der Waals surface area contributed by atoms with Gasteiger partial charge in [0.15, 0.2) is 0 Å². The zero-order chi connectivity index (χ0) is 14.7. The van der Waals surface area contributed by atoms with E-state index >= 15 is 0 Å². The highest BCUT2D eigenvalue weighted by molar-refractivity contribution is 5.82. The molecular weight excluding hydrogens is 248 g/mol. The first-order valence-electron chi connectivity index (χ1n) is 7.56. The van der Waals surface area contributed by atoms with E-state index in [1.807, 2.05) is 11.9 Å². The van der Waals surface area contributed by atoms with Gasteiger partial charge >= 0.3 is 0 Å². The van der Waals surface area contributed by atoms with Gasteiger partial charge in [-0.15, -0.1) is 0 Å². The van der Waals surface area contributed by atoms with Crippen molar-refractivity contribution in [1.29, 1.82) is 0 Å². The highest BCUT2D eigenvalue weighted by Gasteiger charge is 2.28. The number of fused-ring (bicyclic) bond motifs is 1. The first-order chi connectivity index (χ1) is 9.49. The summed E-state index contributed by atoms with van der Waals surface area (Å²) in [5.41, 5.74) is 2.61. The minimum absolute atomic E-state index is 0.0792. The first kappa shape index (κ1) is 15.0. The minimum Gasteiger partial charge on any atom is -0.342 e. The summed E-state index contributed by atoms with van der Waals surface area (Å²) in [6.45, 7) is 7.32. The van der Waals surface area contributed by atoms with Crippen LogP contribution in [0.1, 0.15) is 38.3 Å². The Morgan fingerprint density at radius 2 is 1.95 bits per heavy atom. The number of rotatable bonds is 4. The summed E-state index contributed by atoms with van der Waals surface area (Å²) < 4.78 is 0. The van der Waals surface area contributed by atoms with Crippen molar-refractivity contribution < 1.29 is 4.79 Å². The van der Waals surface area contributed by atoms with Crippen LogP contribution in [0.3, 0.4) is 0 Å². The van der Waals surface area contributed by atoms with Crippen molar-refractivity contribution in [2.45, 2.75) is 52.2 Å². The third kappa shape index (κ3) is 3.40. The van der Waals surface area contributed by atoms with E-state index in [1.165, 1.54) is 11.1 Å². The van der Waals surface area contributed by atoms with Crippen LogP contribution in [-0.2, 0) is 17.8 Å². The number of nitrogens with zero attached hydrogens (tertiary/aromatic N) is 1. The van der Waals surface area contributed by atoms with Gasteiger partial charge in [0.25, 0.3) is 0 Å². The van der Waals surface area contributed by atoms with Gasteiger partial charge in [-0.25, -0.2) is 0 Å². The molecule has 1 heterocycles. The lowest BCUT2D eigenvalue weighted by Crippen LogP contribution is -2.50. The van der Waals surface area contributed by atoms with Gasteiger partial charge in [-0.2, -0.15) is 0 Å². The molecule has 0 radical (unpaired) electrons. The molecule has 1 aliphatic rings. The van der Waals surface area contributed by atoms with Gasteiger partial charge in [-0.05, 0) is 36.8 Å². The van der Waals surface area contributed by atoms with Crippen molar-refractivity contribution in [1.82, 2.24) is 10.2 Å². The minimum atomic E-state index is -0.0792. The molecule has 1 N–H and O–H groups in total. The van der Waals surface area contributed by atoms with Crippen LogP contribution >= 0.6 is 0 Å². The summed E-state index contributed by atoms with van der Waals surface area (Å²) in [6.07, 6.45) is 1.85. The fraction of sp³-hybridized carbons (Fsp3) is 0.588. The lowest BCUT2D eigenvalue weighted by atomic mass is 9.94. The third-order valence-corrected chi connectivity index (χ3v) is 4.20. The van der Waals surface area contributed by atoms with E-state index in [9.17, 15) is 4.79 Å². The second kappa shape index (κ2) is 6.40. The van der Waals surface area contributed by atoms with Crippen LogP contribution in [0, 0.1) is 5.92 Å². The van der Waals surface area contributed by atoms with Crippen molar-refractivity contribution in [2.75, 3.05) is 7.05 Å². The SMILES string of the molecule is CC(C)CC(C)N(C)C(=O)[C@H]1Cc2ccccc2CN1. The Bertz CT molecular complexity index is 470. The summed E-state index contributed by atoms with van der Waals surface area (Å²) >= 11 is 0. The normalized spacial score (nSPS) is 19.6. The fourth-order valence-electron chi connectivity index (χ4n) is 2.93. The number of hydrogen-bond donors (Lipinski definition) is 1. The highest BCUT2D eigenvalue weighted by atomic mass is 16.2. The van der Waals surface area contributed by atoms with E-state index in [0.717, 1.165) is 19.4 Å². The summed E-state index contributed by atoms with van der Waals surface area (Å²) in [5.74, 6) is 0.827. The monoisotopic (exact) mass is 274 g/mol. The molecule has 0 aromatic heterocycles. The van der Waals surface area contributed by atoms with E-state index in [0.29, 0.717) is 12.0 Å². The average Bonchev–Trinajstić information content (AvgIpc) is 2.44. The second-order valence-electron chi connectivity index (χ2n) is 6.33. The molecule has 0 saturated heterocycles. The molecule has 3 nitrogen and oxygen atoms in total. The average molecular weight is 274 g/mol. The molecule has 110 valence electrons. The maximum atomic E-state index is 12.6. The Balaban J connectivity index is 2.00. The van der Waals surface area contributed by atoms with E-state index in [1.54, 1.807) is 0 Å². The van der Waals surface area contributed by atoms with Gasteiger partial charge in [-0.1, -0.05) is 38.1 Å². The van der Waals surface area contributed by atoms with E-state index < -0.39 is 0 Å². The Morgan fingerprint density at radius 3 is 2.60 bits per heavy atom. The molecular formula is C17H26N2O. The molecule has 3 heteroatoms. The zero-order valence-electron chi connectivity index (χ0n) is 13.0. The smallest absolute Gasteiger partial charge is 0.240 e. The van der Waals surface area contributed by atoms with Crippen LogP contribution in [0.15, 0.2) is 24.3 Å². The number of carbonyl (C=O) groups excluding carboxylic acids is 1. The predicted molar refractivity (Wildman–Crippen MR) is 82.5 cm³/mol. The fourth-order valence-corrected chi connectivity index (χ4v) is 2.93. The van der Waals surface area contributed by atoms with Crippen LogP contribution in [0.4, 0.5) is 0 Å². The van der Waals surface area contributed by atoms with E-state index in [-0.39, 0.29) is 11.9 Å². The largest absolute Gasteiger partial charge is 0.342 e. The first-order valence-corrected chi connectivity index (χ1v) is 7.56. The zero-order valence-corrected chi connectivity index (χ0v) is 13.0. The lowest BCUT2D eigenvalue weighted by Gasteiger charge is -2.32. The molecule has 0 aliphatic carbocycles. The van der Waals surface area contributed by atoms with Crippen LogP contribution in [0.2, 0.25) is 0 Å². The Kier molecular flexibility index (Phi) is 4.81. The standard InChI is InChI=1S/C17H26N2O/c1-12(2)9-13(3)19(4)17(20)16-10-14-7-5-6-8-15(14)11-18-16/h5-8,12-13,16,18H,9-11H2,1-4H3/t13?,16-/m1/s1. The molecule has 0 bridgehead atoms. The molecule has 0 spiro atoms. The molecule has 2 rings (SSSR count). The topological polar surface area (TPSA) is 32.3 Å². The number of carbonyl (C=O) groups is 1. The number of hydrogen-bond acceptors (Lipinski definition) is 2. The van der Waals surface area contributed by atoms with Crippen LogP contribution in [0.25, 0.3) is 0 Å². The summed E-state index contributed by atoms with van der Waals surface area (Å²) in [7, 11) is 1.93. The summed E-state index contributed by atoms with van der Waals surface area (Å²) in [4.78, 5) is 14.5. The molecule has 0 saturated carbocycles. The lowest BCUT2D eigenvalue weighted by molar-refractivity contribution is -0.134. The maximum Gasteiger partial charge on any atom is 0.240 e. The maximum absolute atomic E-state index is 12.6. The molecule has 1 aliphatic heterocycles. The highest BCUT2D eigenvalue weighted by Crippen LogP contribution is 2.18. The number of benzene rings is 1. The van der Waals surface area contributed by atoms with Gasteiger partial charge < -0.3 is 10.2 Å². The van der Waals surface area contributed by atoms with Crippen LogP contribution in [-0.4, -0.2) is 29.9 Å². The third-order valence-electron chi connectivity index (χ3n) is 4.20. The van der Waals surface area contributed by atoms with Crippen LogP contribution < -0.4 is 5.32 Å². The van der Waals surface area contributed by atoms with Gasteiger partial charge in [0, 0.05) is 19.6 Å². The molecule has 1 amide bonds. The van der Waals surface area contributed by atoms with E-state index in [4.69, 9.17) is 0 Å². The van der Waals surface area contributed by atoms with Crippen molar-refractivity contribution in [3.63, 3.8) is 0 Å². The quantitative estimate of drug-likeness (QED) is 0.915. The van der Waals surface area contributed by atoms with Gasteiger partial charge in [-0.3, -0.25) is 4.79 Å². The number of likely N-dealkylation sites (N-methyl/N-ethyl adjacent to an activating group) is 1. The number of nitrogens with one attached hydrogen (secondary N) is 1. The van der Waals surface area contributed by atoms with Gasteiger partial charge in [0.2, 0.25) is 5.91 Å². The predicted octanol–water partition coefficient (Wildman–Crippen LogP) is 2.59. The van der Waals surface area contributed by atoms with E-state index in [2.05, 4.69) is 50.4 Å². The van der Waals surface area contributed by atoms with Gasteiger partial charge in [0.05, 0.1) is 6.04 Å². The van der Waals surface area contributed by atoms with Gasteiger partial charge in [0.1, 0.15) is 0 Å². The van der Waals surface area contributed by atoms with Crippen LogP contribution in [0.5, 0.6) is 0 Å². The summed E-state index contributed by atoms with van der Waals surface area (Å²) in [5, 5.41) is 3.37. The molecule has 1 aromatic carbocycles. The second-order valence-corrected chi connectivity index (χ2v) is 6.33. The summed E-state index contributed by atoms with van der Waals surface area (Å²) in [6, 6.07) is 8.59. The molecule has 0 fully saturated rings. The Hall–Kier alpha value is -1.35. The molecule has 1 unspecified atom stereocenters. The van der Waals surface area contributed by atoms with Crippen molar-refractivity contribution in [2.24, 2.45) is 5.92 Å². The van der Waals surface area contributed by atoms with Crippen molar-refractivity contribution in [3.05, 3.63) is 35.4 Å². The number of amides is 1.